The molecule has 2 saturated heterocycles. The van der Waals surface area contributed by atoms with Crippen LogP contribution in [0.5, 0.6) is 0 Å². The van der Waals surface area contributed by atoms with E-state index in [1.54, 1.807) is 18.3 Å². The summed E-state index contributed by atoms with van der Waals surface area (Å²) >= 11 is 0. The Balaban J connectivity index is 1.24. The van der Waals surface area contributed by atoms with Crippen LogP contribution in [0.3, 0.4) is 0 Å². The van der Waals surface area contributed by atoms with Gasteiger partial charge < -0.3 is 15.0 Å². The van der Waals surface area contributed by atoms with Crippen molar-refractivity contribution in [2.24, 2.45) is 0 Å². The fraction of sp³-hybridized carbons (Fsp3) is 0.387. The number of nitrogens with one attached hydrogen (secondary N) is 1. The number of likely N-dealkylation sites (tertiary alicyclic amines) is 1. The van der Waals surface area contributed by atoms with Crippen LogP contribution in [-0.2, 0) is 20.7 Å². The van der Waals surface area contributed by atoms with Gasteiger partial charge in [-0.15, -0.1) is 0 Å². The maximum atomic E-state index is 13.8. The van der Waals surface area contributed by atoms with E-state index in [-0.39, 0.29) is 17.5 Å². The average Bonchev–Trinajstić information content (AvgIpc) is 3.24. The summed E-state index contributed by atoms with van der Waals surface area (Å²) in [5, 5.41) is 2.98. The van der Waals surface area contributed by atoms with Crippen LogP contribution in [0, 0.1) is 0 Å². The van der Waals surface area contributed by atoms with E-state index in [9.17, 15) is 9.59 Å². The molecule has 0 radical (unpaired) electrons. The SMILES string of the molecule is CCCOC1(c2ccccc2)CCN(CCCN2C(=O)NC(c3ccccc3)(c3ccccn3)C2=O)CC1. The lowest BCUT2D eigenvalue weighted by Crippen LogP contribution is -2.46. The summed E-state index contributed by atoms with van der Waals surface area (Å²) in [6, 6.07) is 25.0. The largest absolute Gasteiger partial charge is 0.370 e. The van der Waals surface area contributed by atoms with Crippen LogP contribution in [0.4, 0.5) is 4.79 Å². The van der Waals surface area contributed by atoms with E-state index in [1.165, 1.54) is 10.5 Å². The number of amides is 3. The van der Waals surface area contributed by atoms with Crippen LogP contribution in [-0.4, -0.2) is 59.5 Å². The number of imide groups is 1. The maximum Gasteiger partial charge on any atom is 0.325 e. The highest BCUT2D eigenvalue weighted by molar-refractivity contribution is 6.09. The quantitative estimate of drug-likeness (QED) is 0.399. The number of carbonyl (C=O) groups excluding carboxylic acids is 2. The summed E-state index contributed by atoms with van der Waals surface area (Å²) in [6.07, 6.45) is 5.21. The number of ether oxygens (including phenoxy) is 1. The van der Waals surface area contributed by atoms with Gasteiger partial charge in [0.15, 0.2) is 5.54 Å². The van der Waals surface area contributed by atoms with Crippen LogP contribution in [0.25, 0.3) is 0 Å². The molecular weight excluding hydrogens is 476 g/mol. The minimum absolute atomic E-state index is 0.240. The van der Waals surface area contributed by atoms with Gasteiger partial charge in [-0.3, -0.25) is 14.7 Å². The molecule has 7 heteroatoms. The monoisotopic (exact) mass is 512 g/mol. The Morgan fingerprint density at radius 3 is 2.16 bits per heavy atom. The predicted molar refractivity (Wildman–Crippen MR) is 146 cm³/mol. The van der Waals surface area contributed by atoms with E-state index in [2.05, 4.69) is 46.4 Å². The van der Waals surface area contributed by atoms with Gasteiger partial charge >= 0.3 is 6.03 Å². The van der Waals surface area contributed by atoms with Gasteiger partial charge in [0.05, 0.1) is 11.3 Å². The predicted octanol–water partition coefficient (Wildman–Crippen LogP) is 4.69. The summed E-state index contributed by atoms with van der Waals surface area (Å²) in [5.41, 5.74) is 0.930. The Kier molecular flexibility index (Phi) is 7.86. The van der Waals surface area contributed by atoms with Gasteiger partial charge in [0.2, 0.25) is 0 Å². The second-order valence-corrected chi connectivity index (χ2v) is 10.1. The zero-order valence-corrected chi connectivity index (χ0v) is 22.0. The molecule has 2 aromatic carbocycles. The molecule has 1 aromatic heterocycles. The smallest absolute Gasteiger partial charge is 0.325 e. The highest BCUT2D eigenvalue weighted by atomic mass is 16.5. The minimum Gasteiger partial charge on any atom is -0.370 e. The van der Waals surface area contributed by atoms with Crippen molar-refractivity contribution in [2.75, 3.05) is 32.8 Å². The molecule has 0 spiro atoms. The van der Waals surface area contributed by atoms with E-state index in [1.807, 2.05) is 42.5 Å². The van der Waals surface area contributed by atoms with Gasteiger partial charge in [-0.05, 0) is 55.5 Å². The molecular formula is C31H36N4O3. The number of benzene rings is 2. The Labute approximate surface area is 224 Å². The molecule has 2 fully saturated rings. The molecule has 2 aliphatic rings. The molecule has 1 atom stereocenters. The third kappa shape index (κ3) is 4.96. The third-order valence-corrected chi connectivity index (χ3v) is 7.76. The molecule has 198 valence electrons. The molecule has 0 bridgehead atoms. The Hall–Kier alpha value is -3.55. The van der Waals surface area contributed by atoms with Crippen molar-refractivity contribution in [3.63, 3.8) is 0 Å². The average molecular weight is 513 g/mol. The molecule has 0 saturated carbocycles. The maximum absolute atomic E-state index is 13.8. The summed E-state index contributed by atoms with van der Waals surface area (Å²) in [5.74, 6) is -0.276. The van der Waals surface area contributed by atoms with Crippen molar-refractivity contribution >= 4 is 11.9 Å². The lowest BCUT2D eigenvalue weighted by atomic mass is 9.84. The van der Waals surface area contributed by atoms with Crippen LogP contribution >= 0.6 is 0 Å². The van der Waals surface area contributed by atoms with Crippen molar-refractivity contribution < 1.29 is 14.3 Å². The Bertz CT molecular complexity index is 1170. The number of piperidine rings is 1. The number of aromatic nitrogens is 1. The van der Waals surface area contributed by atoms with E-state index in [0.29, 0.717) is 24.2 Å². The van der Waals surface area contributed by atoms with Crippen molar-refractivity contribution in [2.45, 2.75) is 43.7 Å². The van der Waals surface area contributed by atoms with Crippen molar-refractivity contribution in [3.05, 3.63) is 102 Å². The first kappa shape index (κ1) is 26.1. The van der Waals surface area contributed by atoms with E-state index < -0.39 is 5.54 Å². The number of rotatable bonds is 10. The molecule has 38 heavy (non-hydrogen) atoms. The van der Waals surface area contributed by atoms with Gasteiger partial charge in [-0.2, -0.15) is 0 Å². The topological polar surface area (TPSA) is 74.8 Å². The fourth-order valence-corrected chi connectivity index (χ4v) is 5.71. The number of urea groups is 1. The highest BCUT2D eigenvalue weighted by Crippen LogP contribution is 2.37. The lowest BCUT2D eigenvalue weighted by molar-refractivity contribution is -0.130. The molecule has 2 aliphatic heterocycles. The number of hydrogen-bond acceptors (Lipinski definition) is 5. The first-order valence-corrected chi connectivity index (χ1v) is 13.6. The minimum atomic E-state index is -1.31. The normalized spacial score (nSPS) is 21.4. The second kappa shape index (κ2) is 11.5. The van der Waals surface area contributed by atoms with Crippen molar-refractivity contribution in [1.82, 2.24) is 20.1 Å². The molecule has 1 N–H and O–H groups in total. The summed E-state index contributed by atoms with van der Waals surface area (Å²) in [7, 11) is 0. The van der Waals surface area contributed by atoms with E-state index >= 15 is 0 Å². The van der Waals surface area contributed by atoms with E-state index in [0.717, 1.165) is 45.5 Å². The zero-order chi connectivity index (χ0) is 26.4. The van der Waals surface area contributed by atoms with Gasteiger partial charge in [0.1, 0.15) is 0 Å². The molecule has 5 rings (SSSR count). The molecule has 7 nitrogen and oxygen atoms in total. The highest BCUT2D eigenvalue weighted by Gasteiger charge is 2.54. The van der Waals surface area contributed by atoms with Gasteiger partial charge in [-0.25, -0.2) is 4.79 Å². The number of nitrogens with zero attached hydrogens (tertiary/aromatic N) is 3. The Morgan fingerprint density at radius 1 is 0.868 bits per heavy atom. The first-order valence-electron chi connectivity index (χ1n) is 13.6. The first-order chi connectivity index (χ1) is 18.6. The molecule has 3 amide bonds. The standard InChI is InChI=1S/C31H36N4O3/c1-2-24-38-30(25-12-5-3-6-13-25)17-22-34(23-18-30)20-11-21-35-28(36)31(33-29(35)37,26-14-7-4-8-15-26)27-16-9-10-19-32-27/h3-10,12-16,19H,2,11,17-18,20-24H2,1H3,(H,33,37). The summed E-state index contributed by atoms with van der Waals surface area (Å²) < 4.78 is 6.44. The van der Waals surface area contributed by atoms with Crippen LogP contribution in [0.2, 0.25) is 0 Å². The molecule has 3 aromatic rings. The second-order valence-electron chi connectivity index (χ2n) is 10.1. The number of pyridine rings is 1. The van der Waals surface area contributed by atoms with Crippen molar-refractivity contribution in [3.8, 4) is 0 Å². The molecule has 0 aliphatic carbocycles. The Morgan fingerprint density at radius 2 is 1.53 bits per heavy atom. The van der Waals surface area contributed by atoms with Crippen LogP contribution in [0.1, 0.15) is 49.4 Å². The molecule has 1 unspecified atom stereocenters. The molecule has 3 heterocycles. The van der Waals surface area contributed by atoms with Gasteiger partial charge in [-0.1, -0.05) is 73.7 Å². The number of hydrogen-bond donors (Lipinski definition) is 1. The summed E-state index contributed by atoms with van der Waals surface area (Å²) in [6.45, 7) is 5.90. The zero-order valence-electron chi connectivity index (χ0n) is 22.0. The number of carbonyl (C=O) groups is 2. The van der Waals surface area contributed by atoms with Crippen molar-refractivity contribution in [1.29, 1.82) is 0 Å². The lowest BCUT2D eigenvalue weighted by Gasteiger charge is -2.42. The van der Waals surface area contributed by atoms with Crippen LogP contribution < -0.4 is 5.32 Å². The van der Waals surface area contributed by atoms with Crippen LogP contribution in [0.15, 0.2) is 85.1 Å². The third-order valence-electron chi connectivity index (χ3n) is 7.76. The van der Waals surface area contributed by atoms with Gasteiger partial charge in [0, 0.05) is 32.4 Å². The van der Waals surface area contributed by atoms with Gasteiger partial charge in [0.25, 0.3) is 5.91 Å². The van der Waals surface area contributed by atoms with E-state index in [4.69, 9.17) is 4.74 Å². The fourth-order valence-electron chi connectivity index (χ4n) is 5.71. The summed E-state index contributed by atoms with van der Waals surface area (Å²) in [4.78, 5) is 35.2.